The van der Waals surface area contributed by atoms with Gasteiger partial charge in [0.15, 0.2) is 6.07 Å². The molecule has 0 aliphatic heterocycles. The number of alkyl halides is 1. The highest BCUT2D eigenvalue weighted by molar-refractivity contribution is 6.17. The predicted molar refractivity (Wildman–Crippen MR) is 54.1 cm³/mol. The van der Waals surface area contributed by atoms with Gasteiger partial charge in [0.25, 0.3) is 0 Å². The quantitative estimate of drug-likeness (QED) is 0.784. The molecule has 0 unspecified atom stereocenters. The lowest BCUT2D eigenvalue weighted by molar-refractivity contribution is 0.0695. The standard InChI is InChI=1S/C10H11ClO3/c1-2-7-8(10(12)13)4-3-5-9(7)14-6-11/h3-5H,2,6H2,1H3,(H,12,13). The number of aromatic carboxylic acids is 1. The van der Waals surface area contributed by atoms with Gasteiger partial charge in [-0.1, -0.05) is 24.6 Å². The third-order valence-electron chi connectivity index (χ3n) is 1.93. The van der Waals surface area contributed by atoms with E-state index in [1.54, 1.807) is 18.2 Å². The summed E-state index contributed by atoms with van der Waals surface area (Å²) in [6, 6.07) is 4.94. The second-order valence-electron chi connectivity index (χ2n) is 2.69. The Morgan fingerprint density at radius 3 is 2.79 bits per heavy atom. The summed E-state index contributed by atoms with van der Waals surface area (Å²) >= 11 is 5.43. The molecular formula is C10H11ClO3. The van der Waals surface area contributed by atoms with Crippen molar-refractivity contribution in [3.63, 3.8) is 0 Å². The van der Waals surface area contributed by atoms with Crippen LogP contribution >= 0.6 is 11.6 Å². The van der Waals surface area contributed by atoms with Crippen LogP contribution < -0.4 is 4.74 Å². The molecule has 0 aliphatic rings. The summed E-state index contributed by atoms with van der Waals surface area (Å²) in [5.41, 5.74) is 0.954. The number of hydrogen-bond acceptors (Lipinski definition) is 2. The van der Waals surface area contributed by atoms with Gasteiger partial charge in [0.1, 0.15) is 5.75 Å². The van der Waals surface area contributed by atoms with E-state index in [2.05, 4.69) is 0 Å². The summed E-state index contributed by atoms with van der Waals surface area (Å²) in [7, 11) is 0. The first kappa shape index (κ1) is 10.9. The number of carboxylic acids is 1. The normalized spacial score (nSPS) is 9.86. The molecule has 0 heterocycles. The van der Waals surface area contributed by atoms with Crippen LogP contribution in [-0.4, -0.2) is 17.1 Å². The predicted octanol–water partition coefficient (Wildman–Crippen LogP) is 2.52. The van der Waals surface area contributed by atoms with E-state index in [4.69, 9.17) is 21.4 Å². The van der Waals surface area contributed by atoms with Crippen molar-refractivity contribution in [1.29, 1.82) is 0 Å². The third-order valence-corrected chi connectivity index (χ3v) is 2.04. The van der Waals surface area contributed by atoms with Crippen molar-refractivity contribution in [2.24, 2.45) is 0 Å². The Balaban J connectivity index is 3.17. The monoisotopic (exact) mass is 214 g/mol. The van der Waals surface area contributed by atoms with Gasteiger partial charge in [-0.2, -0.15) is 0 Å². The van der Waals surface area contributed by atoms with Crippen molar-refractivity contribution in [1.82, 2.24) is 0 Å². The summed E-state index contributed by atoms with van der Waals surface area (Å²) in [4.78, 5) is 10.8. The fourth-order valence-electron chi connectivity index (χ4n) is 1.32. The number of carbonyl (C=O) groups is 1. The molecule has 3 nitrogen and oxygen atoms in total. The second kappa shape index (κ2) is 4.86. The van der Waals surface area contributed by atoms with Gasteiger partial charge < -0.3 is 9.84 Å². The first-order valence-electron chi connectivity index (χ1n) is 4.24. The summed E-state index contributed by atoms with van der Waals surface area (Å²) in [6.45, 7) is 1.88. The molecule has 1 aromatic carbocycles. The average Bonchev–Trinajstić information content (AvgIpc) is 2.18. The molecule has 1 N–H and O–H groups in total. The maximum atomic E-state index is 10.8. The minimum atomic E-state index is -0.943. The Labute approximate surface area is 87.3 Å². The first-order valence-corrected chi connectivity index (χ1v) is 4.78. The molecule has 0 saturated carbocycles. The van der Waals surface area contributed by atoms with Gasteiger partial charge >= 0.3 is 5.97 Å². The highest BCUT2D eigenvalue weighted by Crippen LogP contribution is 2.23. The van der Waals surface area contributed by atoms with E-state index >= 15 is 0 Å². The van der Waals surface area contributed by atoms with Gasteiger partial charge in [0.05, 0.1) is 5.56 Å². The Morgan fingerprint density at radius 2 is 2.29 bits per heavy atom. The SMILES string of the molecule is CCc1c(OCCl)cccc1C(=O)O. The van der Waals surface area contributed by atoms with Crippen molar-refractivity contribution < 1.29 is 14.6 Å². The largest absolute Gasteiger partial charge is 0.478 e. The van der Waals surface area contributed by atoms with Gasteiger partial charge in [-0.15, -0.1) is 0 Å². The molecular weight excluding hydrogens is 204 g/mol. The number of carboxylic acid groups (broad SMARTS) is 1. The van der Waals surface area contributed by atoms with Crippen LogP contribution in [0.15, 0.2) is 18.2 Å². The van der Waals surface area contributed by atoms with Crippen molar-refractivity contribution in [2.45, 2.75) is 13.3 Å². The topological polar surface area (TPSA) is 46.5 Å². The zero-order chi connectivity index (χ0) is 10.6. The van der Waals surface area contributed by atoms with Crippen molar-refractivity contribution in [2.75, 3.05) is 6.07 Å². The lowest BCUT2D eigenvalue weighted by Gasteiger charge is -2.10. The molecule has 4 heteroatoms. The molecule has 1 rings (SSSR count). The highest BCUT2D eigenvalue weighted by Gasteiger charge is 2.12. The molecule has 0 radical (unpaired) electrons. The summed E-state index contributed by atoms with van der Waals surface area (Å²) in [5.74, 6) is -0.399. The average molecular weight is 215 g/mol. The van der Waals surface area contributed by atoms with E-state index in [9.17, 15) is 4.79 Å². The summed E-state index contributed by atoms with van der Waals surface area (Å²) in [5, 5.41) is 8.90. The minimum Gasteiger partial charge on any atom is -0.478 e. The lowest BCUT2D eigenvalue weighted by atomic mass is 10.0. The van der Waals surface area contributed by atoms with Gasteiger partial charge in [-0.25, -0.2) is 4.79 Å². The Bertz CT molecular complexity index is 336. The summed E-state index contributed by atoms with van der Waals surface area (Å²) < 4.78 is 5.12. The van der Waals surface area contributed by atoms with Crippen LogP contribution in [0.1, 0.15) is 22.8 Å². The molecule has 0 aliphatic carbocycles. The molecule has 0 aromatic heterocycles. The van der Waals surface area contributed by atoms with E-state index < -0.39 is 5.97 Å². The minimum absolute atomic E-state index is 0.0239. The fourth-order valence-corrected chi connectivity index (χ4v) is 1.44. The molecule has 1 aromatic rings. The van der Waals surface area contributed by atoms with Gasteiger partial charge in [-0.3, -0.25) is 0 Å². The molecule has 14 heavy (non-hydrogen) atoms. The van der Waals surface area contributed by atoms with E-state index in [1.165, 1.54) is 0 Å². The Hall–Kier alpha value is -1.22. The van der Waals surface area contributed by atoms with E-state index in [1.807, 2.05) is 6.92 Å². The van der Waals surface area contributed by atoms with Crippen LogP contribution in [0.3, 0.4) is 0 Å². The second-order valence-corrected chi connectivity index (χ2v) is 2.91. The number of halogens is 1. The van der Waals surface area contributed by atoms with Crippen molar-refractivity contribution in [3.05, 3.63) is 29.3 Å². The molecule has 0 atom stereocenters. The molecule has 0 spiro atoms. The molecule has 76 valence electrons. The number of hydrogen-bond donors (Lipinski definition) is 1. The Kier molecular flexibility index (Phi) is 3.77. The molecule has 0 bridgehead atoms. The van der Waals surface area contributed by atoms with E-state index in [-0.39, 0.29) is 11.6 Å². The highest BCUT2D eigenvalue weighted by atomic mass is 35.5. The third kappa shape index (κ3) is 2.17. The van der Waals surface area contributed by atoms with Crippen LogP contribution in [0.4, 0.5) is 0 Å². The molecule has 0 fully saturated rings. The van der Waals surface area contributed by atoms with Gasteiger partial charge in [0, 0.05) is 5.56 Å². The van der Waals surface area contributed by atoms with Crippen molar-refractivity contribution in [3.8, 4) is 5.75 Å². The van der Waals surface area contributed by atoms with E-state index in [0.717, 1.165) is 0 Å². The summed E-state index contributed by atoms with van der Waals surface area (Å²) in [6.07, 6.45) is 0.606. The smallest absolute Gasteiger partial charge is 0.336 e. The van der Waals surface area contributed by atoms with Crippen LogP contribution in [0, 0.1) is 0 Å². The van der Waals surface area contributed by atoms with Crippen LogP contribution in [0.2, 0.25) is 0 Å². The number of ether oxygens (including phenoxy) is 1. The zero-order valence-electron chi connectivity index (χ0n) is 7.79. The molecule has 0 amide bonds. The van der Waals surface area contributed by atoms with Crippen LogP contribution in [-0.2, 0) is 6.42 Å². The van der Waals surface area contributed by atoms with Gasteiger partial charge in [-0.05, 0) is 18.6 Å². The Morgan fingerprint density at radius 1 is 1.57 bits per heavy atom. The number of benzene rings is 1. The lowest BCUT2D eigenvalue weighted by Crippen LogP contribution is -2.04. The maximum Gasteiger partial charge on any atom is 0.336 e. The molecule has 0 saturated heterocycles. The maximum absolute atomic E-state index is 10.8. The van der Waals surface area contributed by atoms with Gasteiger partial charge in [0.2, 0.25) is 0 Å². The first-order chi connectivity index (χ1) is 6.70. The van der Waals surface area contributed by atoms with Crippen LogP contribution in [0.25, 0.3) is 0 Å². The van der Waals surface area contributed by atoms with E-state index in [0.29, 0.717) is 17.7 Å². The zero-order valence-corrected chi connectivity index (χ0v) is 8.54. The number of rotatable bonds is 4. The van der Waals surface area contributed by atoms with Crippen LogP contribution in [0.5, 0.6) is 5.75 Å². The van der Waals surface area contributed by atoms with Crippen molar-refractivity contribution >= 4 is 17.6 Å². The fraction of sp³-hybridized carbons (Fsp3) is 0.300.